The lowest BCUT2D eigenvalue weighted by molar-refractivity contribution is -0.121. The van der Waals surface area contributed by atoms with Crippen LogP contribution in [-0.4, -0.2) is 28.1 Å². The van der Waals surface area contributed by atoms with Crippen LogP contribution in [0.3, 0.4) is 0 Å². The SMILES string of the molecule is O=C(Cn1cccc1C(=O)O)NCC1Cc2ccccc21. The van der Waals surface area contributed by atoms with Crippen LogP contribution >= 0.6 is 0 Å². The summed E-state index contributed by atoms with van der Waals surface area (Å²) in [5.41, 5.74) is 2.76. The summed E-state index contributed by atoms with van der Waals surface area (Å²) >= 11 is 0. The monoisotopic (exact) mass is 284 g/mol. The van der Waals surface area contributed by atoms with E-state index in [1.165, 1.54) is 21.8 Å². The lowest BCUT2D eigenvalue weighted by Crippen LogP contribution is -2.35. The fourth-order valence-corrected chi connectivity index (χ4v) is 2.74. The number of aromatic carboxylic acids is 1. The smallest absolute Gasteiger partial charge is 0.352 e. The van der Waals surface area contributed by atoms with E-state index in [1.807, 2.05) is 12.1 Å². The van der Waals surface area contributed by atoms with E-state index in [2.05, 4.69) is 17.4 Å². The molecule has 1 aromatic carbocycles. The van der Waals surface area contributed by atoms with Gasteiger partial charge in [0.25, 0.3) is 0 Å². The molecule has 1 aromatic heterocycles. The maximum absolute atomic E-state index is 11.9. The number of amides is 1. The first kappa shape index (κ1) is 13.4. The highest BCUT2D eigenvalue weighted by Gasteiger charge is 2.25. The Morgan fingerprint density at radius 1 is 1.24 bits per heavy atom. The summed E-state index contributed by atoms with van der Waals surface area (Å²) in [6.45, 7) is 0.628. The zero-order valence-electron chi connectivity index (χ0n) is 11.5. The third kappa shape index (κ3) is 2.67. The molecule has 0 saturated carbocycles. The summed E-state index contributed by atoms with van der Waals surface area (Å²) in [5, 5.41) is 11.9. The van der Waals surface area contributed by atoms with Crippen molar-refractivity contribution in [2.24, 2.45) is 0 Å². The van der Waals surface area contributed by atoms with E-state index in [0.717, 1.165) is 6.42 Å². The molecule has 5 nitrogen and oxygen atoms in total. The molecule has 1 unspecified atom stereocenters. The number of nitrogens with one attached hydrogen (secondary N) is 1. The Morgan fingerprint density at radius 2 is 2.05 bits per heavy atom. The van der Waals surface area contributed by atoms with Gasteiger partial charge in [0.05, 0.1) is 0 Å². The highest BCUT2D eigenvalue weighted by molar-refractivity contribution is 5.86. The van der Waals surface area contributed by atoms with Gasteiger partial charge < -0.3 is 15.0 Å². The zero-order chi connectivity index (χ0) is 14.8. The van der Waals surface area contributed by atoms with Crippen LogP contribution in [0.5, 0.6) is 0 Å². The van der Waals surface area contributed by atoms with Crippen LogP contribution in [0, 0.1) is 0 Å². The minimum atomic E-state index is -1.03. The second-order valence-corrected chi connectivity index (χ2v) is 5.23. The Bertz CT molecular complexity index is 690. The molecule has 21 heavy (non-hydrogen) atoms. The molecule has 2 N–H and O–H groups in total. The van der Waals surface area contributed by atoms with Crippen molar-refractivity contribution >= 4 is 11.9 Å². The Hall–Kier alpha value is -2.56. The van der Waals surface area contributed by atoms with Crippen LogP contribution < -0.4 is 5.32 Å². The number of carbonyl (C=O) groups is 2. The molecule has 1 aliphatic carbocycles. The maximum atomic E-state index is 11.9. The maximum Gasteiger partial charge on any atom is 0.352 e. The molecule has 0 spiro atoms. The van der Waals surface area contributed by atoms with E-state index in [0.29, 0.717) is 12.5 Å². The molecule has 3 rings (SSSR count). The van der Waals surface area contributed by atoms with Gasteiger partial charge in [0.1, 0.15) is 12.2 Å². The molecular weight excluding hydrogens is 268 g/mol. The van der Waals surface area contributed by atoms with E-state index in [-0.39, 0.29) is 18.1 Å². The minimum Gasteiger partial charge on any atom is -0.477 e. The molecule has 0 fully saturated rings. The van der Waals surface area contributed by atoms with Gasteiger partial charge in [0.15, 0.2) is 0 Å². The number of fused-ring (bicyclic) bond motifs is 1. The number of hydrogen-bond acceptors (Lipinski definition) is 2. The van der Waals surface area contributed by atoms with E-state index in [4.69, 9.17) is 5.11 Å². The highest BCUT2D eigenvalue weighted by Crippen LogP contribution is 2.33. The zero-order valence-corrected chi connectivity index (χ0v) is 11.5. The van der Waals surface area contributed by atoms with Gasteiger partial charge in [0.2, 0.25) is 5.91 Å². The first-order valence-electron chi connectivity index (χ1n) is 6.88. The number of hydrogen-bond donors (Lipinski definition) is 2. The van der Waals surface area contributed by atoms with Crippen LogP contribution in [-0.2, 0) is 17.8 Å². The van der Waals surface area contributed by atoms with Crippen LogP contribution in [0.25, 0.3) is 0 Å². The number of carboxylic acid groups (broad SMARTS) is 1. The third-order valence-corrected chi connectivity index (χ3v) is 3.87. The molecule has 1 aliphatic rings. The van der Waals surface area contributed by atoms with Crippen molar-refractivity contribution in [1.29, 1.82) is 0 Å². The molecule has 1 heterocycles. The lowest BCUT2D eigenvalue weighted by atomic mass is 9.77. The summed E-state index contributed by atoms with van der Waals surface area (Å²) in [6.07, 6.45) is 2.59. The molecule has 1 amide bonds. The van der Waals surface area contributed by atoms with Gasteiger partial charge in [-0.1, -0.05) is 24.3 Å². The largest absolute Gasteiger partial charge is 0.477 e. The van der Waals surface area contributed by atoms with E-state index >= 15 is 0 Å². The number of benzene rings is 1. The van der Waals surface area contributed by atoms with Crippen LogP contribution in [0.1, 0.15) is 27.5 Å². The second-order valence-electron chi connectivity index (χ2n) is 5.23. The molecule has 1 atom stereocenters. The van der Waals surface area contributed by atoms with Gasteiger partial charge in [-0.2, -0.15) is 0 Å². The van der Waals surface area contributed by atoms with E-state index in [1.54, 1.807) is 12.3 Å². The number of rotatable bonds is 5. The Morgan fingerprint density at radius 3 is 2.81 bits per heavy atom. The topological polar surface area (TPSA) is 71.3 Å². The number of carbonyl (C=O) groups excluding carboxylic acids is 1. The summed E-state index contributed by atoms with van der Waals surface area (Å²) < 4.78 is 1.44. The van der Waals surface area contributed by atoms with Crippen molar-refractivity contribution in [3.63, 3.8) is 0 Å². The van der Waals surface area contributed by atoms with Crippen molar-refractivity contribution in [2.75, 3.05) is 6.54 Å². The van der Waals surface area contributed by atoms with Crippen molar-refractivity contribution < 1.29 is 14.7 Å². The van der Waals surface area contributed by atoms with Gasteiger partial charge in [-0.3, -0.25) is 4.79 Å². The average Bonchev–Trinajstić information content (AvgIpc) is 2.88. The predicted molar refractivity (Wildman–Crippen MR) is 77.3 cm³/mol. The third-order valence-electron chi connectivity index (χ3n) is 3.87. The molecule has 5 heteroatoms. The van der Waals surface area contributed by atoms with Gasteiger partial charge in [-0.25, -0.2) is 4.79 Å². The predicted octanol–water partition coefficient (Wildman–Crippen LogP) is 1.64. The fraction of sp³-hybridized carbons (Fsp3) is 0.250. The van der Waals surface area contributed by atoms with Gasteiger partial charge in [0, 0.05) is 18.7 Å². The molecule has 0 radical (unpaired) electrons. The van der Waals surface area contributed by atoms with E-state index < -0.39 is 5.97 Å². The van der Waals surface area contributed by atoms with Crippen LogP contribution in [0.4, 0.5) is 0 Å². The Kier molecular flexibility index (Phi) is 3.48. The minimum absolute atomic E-state index is 0.0308. The molecule has 2 aromatic rings. The standard InChI is InChI=1S/C16H16N2O3/c19-15(10-18-7-3-6-14(18)16(20)21)17-9-12-8-11-4-1-2-5-13(11)12/h1-7,12H,8-10H2,(H,17,19)(H,20,21). The van der Waals surface area contributed by atoms with Gasteiger partial charge in [-0.05, 0) is 29.7 Å². The first-order chi connectivity index (χ1) is 10.1. The lowest BCUT2D eigenvalue weighted by Gasteiger charge is -2.30. The normalized spacial score (nSPS) is 15.9. The highest BCUT2D eigenvalue weighted by atomic mass is 16.4. The first-order valence-corrected chi connectivity index (χ1v) is 6.88. The Balaban J connectivity index is 1.54. The molecule has 0 bridgehead atoms. The number of nitrogens with zero attached hydrogens (tertiary/aromatic N) is 1. The quantitative estimate of drug-likeness (QED) is 0.877. The fourth-order valence-electron chi connectivity index (χ4n) is 2.74. The van der Waals surface area contributed by atoms with Crippen LogP contribution in [0.2, 0.25) is 0 Å². The van der Waals surface area contributed by atoms with Gasteiger partial charge >= 0.3 is 5.97 Å². The van der Waals surface area contributed by atoms with Crippen molar-refractivity contribution in [2.45, 2.75) is 18.9 Å². The van der Waals surface area contributed by atoms with E-state index in [9.17, 15) is 9.59 Å². The van der Waals surface area contributed by atoms with Crippen molar-refractivity contribution in [3.8, 4) is 0 Å². The second kappa shape index (κ2) is 5.44. The Labute approximate surface area is 122 Å². The summed E-state index contributed by atoms with van der Waals surface area (Å²) in [4.78, 5) is 22.9. The van der Waals surface area contributed by atoms with Crippen LogP contribution in [0.15, 0.2) is 42.6 Å². The number of aromatic nitrogens is 1. The number of carboxylic acids is 1. The summed E-state index contributed by atoms with van der Waals surface area (Å²) in [6, 6.07) is 11.3. The summed E-state index contributed by atoms with van der Waals surface area (Å²) in [5.74, 6) is -0.826. The molecule has 108 valence electrons. The van der Waals surface area contributed by atoms with Gasteiger partial charge in [-0.15, -0.1) is 0 Å². The molecule has 0 aliphatic heterocycles. The van der Waals surface area contributed by atoms with Crippen molar-refractivity contribution in [3.05, 3.63) is 59.4 Å². The average molecular weight is 284 g/mol. The summed E-state index contributed by atoms with van der Waals surface area (Å²) in [7, 11) is 0. The molecule has 0 saturated heterocycles. The van der Waals surface area contributed by atoms with Crippen molar-refractivity contribution in [1.82, 2.24) is 9.88 Å². The molecular formula is C16H16N2O3.